The van der Waals surface area contributed by atoms with E-state index in [1.807, 2.05) is 18.2 Å². The molecule has 4 rings (SSSR count). The van der Waals surface area contributed by atoms with E-state index in [2.05, 4.69) is 5.32 Å². The van der Waals surface area contributed by atoms with Gasteiger partial charge in [-0.1, -0.05) is 42.5 Å². The number of benzene rings is 3. The molecule has 0 aliphatic carbocycles. The van der Waals surface area contributed by atoms with Crippen molar-refractivity contribution in [2.75, 3.05) is 18.9 Å². The summed E-state index contributed by atoms with van der Waals surface area (Å²) >= 11 is 0. The van der Waals surface area contributed by atoms with E-state index in [1.54, 1.807) is 48.5 Å². The molecule has 0 spiro atoms. The zero-order valence-electron chi connectivity index (χ0n) is 17.6. The number of hydrogen-bond donors (Lipinski definition) is 2. The Morgan fingerprint density at radius 2 is 1.55 bits per heavy atom. The number of carbonyl (C=O) groups excluding carboxylic acids is 1. The third-order valence-corrected chi connectivity index (χ3v) is 6.86. The van der Waals surface area contributed by atoms with Crippen LogP contribution < -0.4 is 5.32 Å². The first-order chi connectivity index (χ1) is 15.7. The van der Waals surface area contributed by atoms with E-state index in [-0.39, 0.29) is 16.6 Å². The van der Waals surface area contributed by atoms with Crippen LogP contribution in [0.1, 0.15) is 10.6 Å². The number of carboxylic acid groups (broad SMARTS) is 1. The largest absolute Gasteiger partial charge is 0.480 e. The molecule has 168 valence electrons. The number of amides is 1. The maximum atomic E-state index is 12.5. The maximum absolute atomic E-state index is 12.5. The van der Waals surface area contributed by atoms with Gasteiger partial charge in [-0.15, -0.1) is 0 Å². The summed E-state index contributed by atoms with van der Waals surface area (Å²) in [5.74, 6) is -1.38. The van der Waals surface area contributed by atoms with Gasteiger partial charge < -0.3 is 14.8 Å². The Bertz CT molecular complexity index is 1390. The molecule has 1 heterocycles. The summed E-state index contributed by atoms with van der Waals surface area (Å²) in [5.41, 5.74) is 2.81. The van der Waals surface area contributed by atoms with Crippen LogP contribution in [0.4, 0.5) is 5.69 Å². The second-order valence-corrected chi connectivity index (χ2v) is 9.40. The van der Waals surface area contributed by atoms with Crippen molar-refractivity contribution in [3.63, 3.8) is 0 Å². The van der Waals surface area contributed by atoms with Crippen molar-refractivity contribution >= 4 is 38.6 Å². The van der Waals surface area contributed by atoms with Gasteiger partial charge in [-0.25, -0.2) is 8.42 Å². The molecule has 9 heteroatoms. The standard InChI is InChI=1S/C24H20N2O6S/c1-26(15-23(27)28)33(30,31)20-12-8-17(9-13-20)16-6-10-19(11-7-16)25-24(29)22-14-18-4-2-3-5-21(18)32-22/h2-14H,15H2,1H3,(H,25,29)(H,27,28). The number of rotatable bonds is 7. The van der Waals surface area contributed by atoms with Gasteiger partial charge in [0.1, 0.15) is 12.1 Å². The molecule has 0 bridgehead atoms. The minimum Gasteiger partial charge on any atom is -0.480 e. The lowest BCUT2D eigenvalue weighted by Gasteiger charge is -2.15. The lowest BCUT2D eigenvalue weighted by Crippen LogP contribution is -2.31. The van der Waals surface area contributed by atoms with Gasteiger partial charge in [0.15, 0.2) is 5.76 Å². The van der Waals surface area contributed by atoms with Gasteiger partial charge in [-0.2, -0.15) is 4.31 Å². The lowest BCUT2D eigenvalue weighted by atomic mass is 10.1. The number of para-hydroxylation sites is 1. The highest BCUT2D eigenvalue weighted by molar-refractivity contribution is 7.89. The minimum absolute atomic E-state index is 0.00437. The number of likely N-dealkylation sites (N-methyl/N-ethyl adjacent to an activating group) is 1. The van der Waals surface area contributed by atoms with Crippen molar-refractivity contribution < 1.29 is 27.5 Å². The Kier molecular flexibility index (Phi) is 5.99. The minimum atomic E-state index is -3.89. The number of anilines is 1. The second kappa shape index (κ2) is 8.89. The van der Waals surface area contributed by atoms with Crippen LogP contribution in [0.2, 0.25) is 0 Å². The van der Waals surface area contributed by atoms with E-state index >= 15 is 0 Å². The number of aliphatic carboxylic acids is 1. The summed E-state index contributed by atoms with van der Waals surface area (Å²) in [6, 6.07) is 22.3. The number of sulfonamides is 1. The van der Waals surface area contributed by atoms with Crippen LogP contribution >= 0.6 is 0 Å². The van der Waals surface area contributed by atoms with Crippen molar-refractivity contribution in [3.05, 3.63) is 84.6 Å². The van der Waals surface area contributed by atoms with Gasteiger partial charge >= 0.3 is 5.97 Å². The Morgan fingerprint density at radius 1 is 0.939 bits per heavy atom. The van der Waals surface area contributed by atoms with Gasteiger partial charge in [0.05, 0.1) is 4.90 Å². The van der Waals surface area contributed by atoms with Gasteiger partial charge in [0.25, 0.3) is 5.91 Å². The monoisotopic (exact) mass is 464 g/mol. The van der Waals surface area contributed by atoms with Gasteiger partial charge in [0.2, 0.25) is 10.0 Å². The number of carbonyl (C=O) groups is 2. The van der Waals surface area contributed by atoms with E-state index in [4.69, 9.17) is 9.52 Å². The average molecular weight is 464 g/mol. The van der Waals surface area contributed by atoms with E-state index in [1.165, 1.54) is 19.2 Å². The van der Waals surface area contributed by atoms with Crippen LogP contribution in [-0.4, -0.2) is 43.3 Å². The number of hydrogen-bond acceptors (Lipinski definition) is 5. The SMILES string of the molecule is CN(CC(=O)O)S(=O)(=O)c1ccc(-c2ccc(NC(=O)c3cc4ccccc4o3)cc2)cc1. The predicted molar refractivity (Wildman–Crippen MR) is 123 cm³/mol. The number of carboxylic acids is 1. The third kappa shape index (κ3) is 4.79. The molecule has 0 aliphatic rings. The summed E-state index contributed by atoms with van der Waals surface area (Å²) in [7, 11) is -2.68. The smallest absolute Gasteiger partial charge is 0.318 e. The highest BCUT2D eigenvalue weighted by atomic mass is 32.2. The Labute approximate surface area is 190 Å². The first-order valence-corrected chi connectivity index (χ1v) is 11.4. The summed E-state index contributed by atoms with van der Waals surface area (Å²) in [5, 5.41) is 12.5. The molecular formula is C24H20N2O6S. The van der Waals surface area contributed by atoms with Crippen LogP contribution in [0.15, 0.2) is 88.2 Å². The molecular weight excluding hydrogens is 444 g/mol. The molecule has 4 aromatic rings. The van der Waals surface area contributed by atoms with E-state index in [9.17, 15) is 18.0 Å². The van der Waals surface area contributed by atoms with E-state index in [0.717, 1.165) is 20.8 Å². The Hall–Kier alpha value is -3.95. The molecule has 0 saturated carbocycles. The fraction of sp³-hybridized carbons (Fsp3) is 0.0833. The Balaban J connectivity index is 1.46. The number of furan rings is 1. The quantitative estimate of drug-likeness (QED) is 0.426. The molecule has 0 aliphatic heterocycles. The molecule has 0 unspecified atom stereocenters. The second-order valence-electron chi connectivity index (χ2n) is 7.36. The highest BCUT2D eigenvalue weighted by Crippen LogP contribution is 2.25. The molecule has 8 nitrogen and oxygen atoms in total. The van der Waals surface area contributed by atoms with Crippen LogP contribution in [0.25, 0.3) is 22.1 Å². The molecule has 0 fully saturated rings. The van der Waals surface area contributed by atoms with Crippen LogP contribution in [0.5, 0.6) is 0 Å². The summed E-state index contributed by atoms with van der Waals surface area (Å²) in [4.78, 5) is 23.3. The molecule has 0 atom stereocenters. The molecule has 3 aromatic carbocycles. The summed E-state index contributed by atoms with van der Waals surface area (Å²) < 4.78 is 31.3. The third-order valence-electron chi connectivity index (χ3n) is 5.05. The first kappa shape index (κ1) is 22.3. The van der Waals surface area contributed by atoms with Crippen molar-refractivity contribution in [1.82, 2.24) is 4.31 Å². The van der Waals surface area contributed by atoms with Gasteiger partial charge in [-0.05, 0) is 47.5 Å². The predicted octanol–water partition coefficient (Wildman–Crippen LogP) is 4.06. The lowest BCUT2D eigenvalue weighted by molar-refractivity contribution is -0.137. The van der Waals surface area contributed by atoms with Crippen molar-refractivity contribution in [1.29, 1.82) is 0 Å². The molecule has 1 aromatic heterocycles. The topological polar surface area (TPSA) is 117 Å². The number of nitrogens with zero attached hydrogens (tertiary/aromatic N) is 1. The normalized spacial score (nSPS) is 11.6. The Morgan fingerprint density at radius 3 is 2.15 bits per heavy atom. The van der Waals surface area contributed by atoms with Crippen molar-refractivity contribution in [2.24, 2.45) is 0 Å². The van der Waals surface area contributed by atoms with Crippen molar-refractivity contribution in [2.45, 2.75) is 4.90 Å². The number of fused-ring (bicyclic) bond motifs is 1. The first-order valence-electron chi connectivity index (χ1n) is 9.92. The zero-order valence-corrected chi connectivity index (χ0v) is 18.4. The van der Waals surface area contributed by atoms with Gasteiger partial charge in [0, 0.05) is 18.1 Å². The molecule has 2 N–H and O–H groups in total. The van der Waals surface area contributed by atoms with Crippen LogP contribution in [0.3, 0.4) is 0 Å². The van der Waals surface area contributed by atoms with Crippen LogP contribution in [-0.2, 0) is 14.8 Å². The maximum Gasteiger partial charge on any atom is 0.318 e. The highest BCUT2D eigenvalue weighted by Gasteiger charge is 2.22. The van der Waals surface area contributed by atoms with Crippen molar-refractivity contribution in [3.8, 4) is 11.1 Å². The fourth-order valence-corrected chi connectivity index (χ4v) is 4.43. The van der Waals surface area contributed by atoms with Crippen LogP contribution in [0, 0.1) is 0 Å². The zero-order chi connectivity index (χ0) is 23.6. The molecule has 1 amide bonds. The summed E-state index contributed by atoms with van der Waals surface area (Å²) in [6.45, 7) is -0.620. The summed E-state index contributed by atoms with van der Waals surface area (Å²) in [6.07, 6.45) is 0. The van der Waals surface area contributed by atoms with E-state index < -0.39 is 22.5 Å². The molecule has 0 radical (unpaired) electrons. The average Bonchev–Trinajstić information content (AvgIpc) is 3.24. The number of nitrogens with one attached hydrogen (secondary N) is 1. The van der Waals surface area contributed by atoms with Gasteiger partial charge in [-0.3, -0.25) is 9.59 Å². The molecule has 0 saturated heterocycles. The fourth-order valence-electron chi connectivity index (χ4n) is 3.31. The molecule has 33 heavy (non-hydrogen) atoms. The van der Waals surface area contributed by atoms with E-state index in [0.29, 0.717) is 11.3 Å².